The van der Waals surface area contributed by atoms with Gasteiger partial charge in [-0.3, -0.25) is 4.79 Å². The van der Waals surface area contributed by atoms with Crippen LogP contribution in [0.2, 0.25) is 0 Å². The Morgan fingerprint density at radius 1 is 0.938 bits per heavy atom. The number of carboxylic acid groups (broad SMARTS) is 1. The van der Waals surface area contributed by atoms with E-state index in [0.717, 1.165) is 21.6 Å². The van der Waals surface area contributed by atoms with Crippen molar-refractivity contribution in [3.63, 3.8) is 0 Å². The molecule has 0 saturated carbocycles. The molecule has 3 rings (SSSR count). The maximum atomic E-state index is 11.9. The van der Waals surface area contributed by atoms with Crippen molar-refractivity contribution in [2.75, 3.05) is 0 Å². The van der Waals surface area contributed by atoms with Gasteiger partial charge in [-0.05, 0) is 71.1 Å². The van der Waals surface area contributed by atoms with Crippen molar-refractivity contribution in [3.05, 3.63) is 60.2 Å². The normalized spacial score (nSPS) is 18.8. The van der Waals surface area contributed by atoms with E-state index in [1.165, 1.54) is 0 Å². The third-order valence-corrected chi connectivity index (χ3v) is 5.00. The van der Waals surface area contributed by atoms with Crippen molar-refractivity contribution in [3.8, 4) is 11.1 Å². The Kier molecular flexibility index (Phi) is 8.24. The monoisotopic (exact) mass is 439 g/mol. The first-order valence-electron chi connectivity index (χ1n) is 11.2. The number of amides is 2. The summed E-state index contributed by atoms with van der Waals surface area (Å²) in [6, 6.07) is 17.9. The lowest BCUT2D eigenvalue weighted by Gasteiger charge is -2.30. The van der Waals surface area contributed by atoms with E-state index in [1.54, 1.807) is 6.92 Å². The molecule has 0 radical (unpaired) electrons. The second-order valence-corrected chi connectivity index (χ2v) is 10.4. The Morgan fingerprint density at radius 2 is 1.44 bits per heavy atom. The first kappa shape index (κ1) is 25.6. The quantitative estimate of drug-likeness (QED) is 0.600. The molecule has 1 saturated heterocycles. The summed E-state index contributed by atoms with van der Waals surface area (Å²) in [5.74, 6) is -0.511. The molecule has 0 spiro atoms. The maximum Gasteiger partial charge on any atom is 0.414 e. The van der Waals surface area contributed by atoms with Gasteiger partial charge in [0.25, 0.3) is 0 Å². The first-order valence-corrected chi connectivity index (χ1v) is 11.2. The molecule has 2 atom stereocenters. The number of hydrogen-bond donors (Lipinski definition) is 1. The predicted molar refractivity (Wildman–Crippen MR) is 129 cm³/mol. The van der Waals surface area contributed by atoms with E-state index >= 15 is 0 Å². The fourth-order valence-electron chi connectivity index (χ4n) is 4.11. The van der Waals surface area contributed by atoms with E-state index in [4.69, 9.17) is 4.74 Å². The third-order valence-electron chi connectivity index (χ3n) is 5.00. The number of benzene rings is 2. The van der Waals surface area contributed by atoms with Crippen molar-refractivity contribution >= 4 is 12.0 Å². The molecule has 2 amide bonds. The zero-order valence-corrected chi connectivity index (χ0v) is 20.4. The van der Waals surface area contributed by atoms with Crippen LogP contribution in [0.25, 0.3) is 11.1 Å². The van der Waals surface area contributed by atoms with E-state index < -0.39 is 6.09 Å². The van der Waals surface area contributed by atoms with Gasteiger partial charge >= 0.3 is 6.09 Å². The molecule has 0 aliphatic carbocycles. The molecule has 0 unspecified atom stereocenters. The number of hydrogen-bond acceptors (Lipinski definition) is 3. The van der Waals surface area contributed by atoms with Gasteiger partial charge in [0.1, 0.15) is 0 Å². The van der Waals surface area contributed by atoms with Gasteiger partial charge in [-0.25, -0.2) is 9.69 Å². The van der Waals surface area contributed by atoms with Gasteiger partial charge in [0.15, 0.2) is 0 Å². The number of ether oxygens (including phenoxy) is 1. The second-order valence-electron chi connectivity index (χ2n) is 10.4. The molecule has 2 aromatic rings. The lowest BCUT2D eigenvalue weighted by Crippen LogP contribution is -2.39. The topological polar surface area (TPSA) is 66.8 Å². The molecule has 5 heteroatoms. The molecule has 1 heterocycles. The lowest BCUT2D eigenvalue weighted by atomic mass is 9.98. The van der Waals surface area contributed by atoms with Gasteiger partial charge in [-0.2, -0.15) is 0 Å². The molecule has 1 aliphatic rings. The van der Waals surface area contributed by atoms with E-state index in [0.29, 0.717) is 12.8 Å². The average Bonchev–Trinajstić information content (AvgIpc) is 2.94. The Hall–Kier alpha value is -2.66. The zero-order chi connectivity index (χ0) is 24.1. The molecule has 5 nitrogen and oxygen atoms in total. The van der Waals surface area contributed by atoms with Crippen molar-refractivity contribution in [1.29, 1.82) is 0 Å². The fourth-order valence-corrected chi connectivity index (χ4v) is 4.11. The first-order chi connectivity index (χ1) is 14.8. The Bertz CT molecular complexity index is 880. The number of likely N-dealkylation sites (tertiary alicyclic amines) is 1. The van der Waals surface area contributed by atoms with Gasteiger partial charge in [0.2, 0.25) is 5.91 Å². The zero-order valence-electron chi connectivity index (χ0n) is 20.4. The highest BCUT2D eigenvalue weighted by Crippen LogP contribution is 2.28. The van der Waals surface area contributed by atoms with Crippen LogP contribution < -0.4 is 0 Å². The highest BCUT2D eigenvalue weighted by molar-refractivity contribution is 5.94. The van der Waals surface area contributed by atoms with Crippen LogP contribution in [0.3, 0.4) is 0 Å². The van der Waals surface area contributed by atoms with E-state index in [-0.39, 0.29) is 29.1 Å². The van der Waals surface area contributed by atoms with Crippen LogP contribution in [-0.2, 0) is 16.0 Å². The van der Waals surface area contributed by atoms with Gasteiger partial charge < -0.3 is 9.84 Å². The van der Waals surface area contributed by atoms with Crippen molar-refractivity contribution in [2.45, 2.75) is 78.6 Å². The molecule has 2 aromatic carbocycles. The molecule has 0 aromatic heterocycles. The van der Waals surface area contributed by atoms with Gasteiger partial charge in [0, 0.05) is 12.0 Å². The number of imide groups is 1. The van der Waals surface area contributed by atoms with Crippen LogP contribution in [0.15, 0.2) is 54.6 Å². The fraction of sp³-hybridized carbons (Fsp3) is 0.481. The number of nitrogens with zero attached hydrogens (tertiary/aromatic N) is 1. The summed E-state index contributed by atoms with van der Waals surface area (Å²) < 4.78 is 5.62. The Balaban J connectivity index is 0.000000344. The molecular formula is C27H37NO4. The van der Waals surface area contributed by atoms with Crippen LogP contribution in [0.1, 0.15) is 60.5 Å². The number of rotatable bonds is 3. The van der Waals surface area contributed by atoms with Crippen LogP contribution in [-0.4, -0.2) is 39.3 Å². The molecule has 174 valence electrons. The minimum absolute atomic E-state index is 0.0156. The molecule has 1 N–H and O–H groups in total. The van der Waals surface area contributed by atoms with Crippen molar-refractivity contribution < 1.29 is 19.4 Å². The smallest absolute Gasteiger partial charge is 0.414 e. The van der Waals surface area contributed by atoms with Gasteiger partial charge in [-0.15, -0.1) is 0 Å². The van der Waals surface area contributed by atoms with E-state index in [1.807, 2.05) is 42.5 Å². The van der Waals surface area contributed by atoms with Crippen LogP contribution >= 0.6 is 0 Å². The number of carbonyl (C=O) groups excluding carboxylic acids is 1. The minimum Gasteiger partial charge on any atom is -0.465 e. The summed E-state index contributed by atoms with van der Waals surface area (Å²) in [4.78, 5) is 24.2. The highest BCUT2D eigenvalue weighted by atomic mass is 16.5. The summed E-state index contributed by atoms with van der Waals surface area (Å²) in [5.41, 5.74) is 3.29. The van der Waals surface area contributed by atoms with Crippen molar-refractivity contribution in [2.24, 2.45) is 5.92 Å². The van der Waals surface area contributed by atoms with Gasteiger partial charge in [0.05, 0.1) is 11.2 Å². The number of carbonyl (C=O) groups is 2. The average molecular weight is 440 g/mol. The Morgan fingerprint density at radius 3 is 1.88 bits per heavy atom. The largest absolute Gasteiger partial charge is 0.465 e. The predicted octanol–water partition coefficient (Wildman–Crippen LogP) is 6.41. The van der Waals surface area contributed by atoms with Crippen LogP contribution in [0.5, 0.6) is 0 Å². The molecule has 32 heavy (non-hydrogen) atoms. The SMILES string of the molecule is CC(C)(C)OC(C)(C)C.C[C@H]1C[C@@H](Cc2ccc(-c3ccccc3)cc2)N(C(=O)O)C1=O. The van der Waals surface area contributed by atoms with Gasteiger partial charge in [-0.1, -0.05) is 61.5 Å². The van der Waals surface area contributed by atoms with Crippen LogP contribution in [0, 0.1) is 5.92 Å². The second kappa shape index (κ2) is 10.3. The Labute approximate surface area is 192 Å². The van der Waals surface area contributed by atoms with Crippen LogP contribution in [0.4, 0.5) is 4.79 Å². The molecule has 1 aliphatic heterocycles. The maximum absolute atomic E-state index is 11.9. The minimum atomic E-state index is -1.15. The lowest BCUT2D eigenvalue weighted by molar-refractivity contribution is -0.129. The summed E-state index contributed by atoms with van der Waals surface area (Å²) in [5, 5.41) is 9.25. The summed E-state index contributed by atoms with van der Waals surface area (Å²) in [7, 11) is 0. The molecular weight excluding hydrogens is 402 g/mol. The van der Waals surface area contributed by atoms with E-state index in [2.05, 4.69) is 53.7 Å². The summed E-state index contributed by atoms with van der Waals surface area (Å²) >= 11 is 0. The standard InChI is InChI=1S/C19H19NO3.C8H18O/c1-13-11-17(20(18(13)21)19(22)23)12-14-7-9-16(10-8-14)15-5-3-2-4-6-15;1-7(2,3)9-8(4,5)6/h2-10,13,17H,11-12H2,1H3,(H,22,23);1-6H3/t13-,17-;/m0./s1. The molecule has 0 bridgehead atoms. The highest BCUT2D eigenvalue weighted by Gasteiger charge is 2.40. The summed E-state index contributed by atoms with van der Waals surface area (Å²) in [6.45, 7) is 14.2. The van der Waals surface area contributed by atoms with E-state index in [9.17, 15) is 14.7 Å². The summed E-state index contributed by atoms with van der Waals surface area (Å²) in [6.07, 6.45) is 0.00786. The van der Waals surface area contributed by atoms with Crippen molar-refractivity contribution in [1.82, 2.24) is 4.90 Å². The third kappa shape index (κ3) is 7.79. The molecule has 1 fully saturated rings.